The van der Waals surface area contributed by atoms with Gasteiger partial charge in [-0.2, -0.15) is 10.1 Å². The molecule has 0 unspecified atom stereocenters. The Balaban J connectivity index is 1.76. The molecule has 0 aliphatic carbocycles. The average Bonchev–Trinajstić information content (AvgIpc) is 3.23. The van der Waals surface area contributed by atoms with Gasteiger partial charge in [0.05, 0.1) is 18.1 Å². The third kappa shape index (κ3) is 2.67. The fourth-order valence-electron chi connectivity index (χ4n) is 2.53. The van der Waals surface area contributed by atoms with Gasteiger partial charge in [-0.3, -0.25) is 9.78 Å². The summed E-state index contributed by atoms with van der Waals surface area (Å²) in [7, 11) is 0. The van der Waals surface area contributed by atoms with E-state index in [-0.39, 0.29) is 22.7 Å². The van der Waals surface area contributed by atoms with Crippen LogP contribution in [0.3, 0.4) is 0 Å². The van der Waals surface area contributed by atoms with Crippen LogP contribution >= 0.6 is 0 Å². The van der Waals surface area contributed by atoms with E-state index in [2.05, 4.69) is 20.1 Å². The van der Waals surface area contributed by atoms with Crippen molar-refractivity contribution in [2.24, 2.45) is 0 Å². The zero-order valence-corrected chi connectivity index (χ0v) is 12.8. The van der Waals surface area contributed by atoms with Crippen LogP contribution in [0.4, 0.5) is 0 Å². The van der Waals surface area contributed by atoms with Crippen molar-refractivity contribution in [1.29, 1.82) is 0 Å². The third-order valence-corrected chi connectivity index (χ3v) is 3.71. The normalized spacial score (nSPS) is 11.0. The number of aromatic nitrogens is 6. The molecule has 1 aromatic carbocycles. The van der Waals surface area contributed by atoms with Gasteiger partial charge in [-0.25, -0.2) is 14.5 Å². The van der Waals surface area contributed by atoms with E-state index in [0.29, 0.717) is 12.1 Å². The summed E-state index contributed by atoms with van der Waals surface area (Å²) in [5.41, 5.74) is 1.27. The first-order valence-corrected chi connectivity index (χ1v) is 7.39. The summed E-state index contributed by atoms with van der Waals surface area (Å²) < 4.78 is 2.91. The summed E-state index contributed by atoms with van der Waals surface area (Å²) in [6.07, 6.45) is 4.00. The number of aromatic carboxylic acids is 1. The summed E-state index contributed by atoms with van der Waals surface area (Å²) >= 11 is 0. The Kier molecular flexibility index (Phi) is 3.38. The number of carboxylic acid groups (broad SMARTS) is 1. The number of carboxylic acids is 1. The van der Waals surface area contributed by atoms with Gasteiger partial charge >= 0.3 is 5.97 Å². The van der Waals surface area contributed by atoms with Crippen LogP contribution in [0.15, 0.2) is 53.8 Å². The molecule has 0 aliphatic rings. The Bertz CT molecular complexity index is 1130. The van der Waals surface area contributed by atoms with Crippen molar-refractivity contribution in [3.05, 3.63) is 70.5 Å². The lowest BCUT2D eigenvalue weighted by atomic mass is 10.2. The molecule has 0 atom stereocenters. The van der Waals surface area contributed by atoms with E-state index in [9.17, 15) is 9.59 Å². The molecule has 0 fully saturated rings. The molecule has 0 aliphatic heterocycles. The van der Waals surface area contributed by atoms with Crippen LogP contribution in [-0.4, -0.2) is 40.4 Å². The van der Waals surface area contributed by atoms with Crippen LogP contribution in [0.2, 0.25) is 0 Å². The molecule has 25 heavy (non-hydrogen) atoms. The highest BCUT2D eigenvalue weighted by Gasteiger charge is 2.14. The molecular formula is C16H12N6O3. The van der Waals surface area contributed by atoms with Crippen molar-refractivity contribution >= 4 is 17.1 Å². The van der Waals surface area contributed by atoms with Gasteiger partial charge in [-0.05, 0) is 5.56 Å². The van der Waals surface area contributed by atoms with Crippen molar-refractivity contribution in [3.63, 3.8) is 0 Å². The van der Waals surface area contributed by atoms with Crippen molar-refractivity contribution in [3.8, 4) is 5.95 Å². The van der Waals surface area contributed by atoms with Crippen LogP contribution in [0.1, 0.15) is 15.9 Å². The fraction of sp³-hybridized carbons (Fsp3) is 0.0625. The number of imidazole rings is 1. The van der Waals surface area contributed by atoms with E-state index in [1.54, 1.807) is 10.9 Å². The predicted octanol–water partition coefficient (Wildman–Crippen LogP) is 1.05. The molecule has 2 N–H and O–H groups in total. The Labute approximate surface area is 140 Å². The molecule has 0 saturated heterocycles. The number of nitrogens with zero attached hydrogens (tertiary/aromatic N) is 5. The monoisotopic (exact) mass is 336 g/mol. The maximum absolute atomic E-state index is 12.5. The smallest absolute Gasteiger partial charge is 0.338 e. The topological polar surface area (TPSA) is 119 Å². The van der Waals surface area contributed by atoms with E-state index < -0.39 is 5.97 Å². The van der Waals surface area contributed by atoms with Crippen molar-refractivity contribution in [2.75, 3.05) is 0 Å². The number of carbonyl (C=O) groups is 1. The molecule has 9 heteroatoms. The average molecular weight is 336 g/mol. The number of fused-ring (bicyclic) bond motifs is 1. The van der Waals surface area contributed by atoms with Crippen LogP contribution in [0.25, 0.3) is 17.1 Å². The van der Waals surface area contributed by atoms with Crippen LogP contribution in [0.5, 0.6) is 0 Å². The van der Waals surface area contributed by atoms with Crippen LogP contribution < -0.4 is 5.56 Å². The molecule has 0 bridgehead atoms. The molecule has 0 radical (unpaired) electrons. The highest BCUT2D eigenvalue weighted by molar-refractivity contribution is 5.86. The second-order valence-corrected chi connectivity index (χ2v) is 5.40. The summed E-state index contributed by atoms with van der Waals surface area (Å²) in [6.45, 7) is 0.492. The zero-order valence-electron chi connectivity index (χ0n) is 12.8. The number of benzene rings is 1. The van der Waals surface area contributed by atoms with Gasteiger partial charge in [0.1, 0.15) is 0 Å². The van der Waals surface area contributed by atoms with Gasteiger partial charge in [0.15, 0.2) is 11.2 Å². The molecule has 0 amide bonds. The molecule has 3 heterocycles. The molecule has 124 valence electrons. The molecule has 4 rings (SSSR count). The SMILES string of the molecule is O=C(O)c1cnn(-c2nc3ncn(Cc4ccccc4)c3c(=O)[nH]2)c1. The first-order chi connectivity index (χ1) is 12.1. The molecular weight excluding hydrogens is 324 g/mol. The lowest BCUT2D eigenvalue weighted by molar-refractivity contribution is 0.0697. The van der Waals surface area contributed by atoms with Gasteiger partial charge in [0.25, 0.3) is 5.56 Å². The van der Waals surface area contributed by atoms with E-state index in [1.165, 1.54) is 17.1 Å². The molecule has 9 nitrogen and oxygen atoms in total. The second-order valence-electron chi connectivity index (χ2n) is 5.40. The van der Waals surface area contributed by atoms with Gasteiger partial charge in [0.2, 0.25) is 5.95 Å². The van der Waals surface area contributed by atoms with E-state index in [0.717, 1.165) is 5.56 Å². The Morgan fingerprint density at radius 1 is 1.24 bits per heavy atom. The predicted molar refractivity (Wildman–Crippen MR) is 87.8 cm³/mol. The first-order valence-electron chi connectivity index (χ1n) is 7.39. The standard InChI is InChI=1S/C16H12N6O3/c23-14-12-13(17-9-21(12)7-10-4-2-1-3-5-10)19-16(20-14)22-8-11(6-18-22)15(24)25/h1-6,8-9H,7H2,(H,24,25)(H,19,20,23). The van der Waals surface area contributed by atoms with E-state index in [1.807, 2.05) is 30.3 Å². The van der Waals surface area contributed by atoms with Crippen LogP contribution in [0, 0.1) is 0 Å². The number of H-pyrrole nitrogens is 1. The molecule has 0 spiro atoms. The Morgan fingerprint density at radius 2 is 2.04 bits per heavy atom. The number of hydrogen-bond acceptors (Lipinski definition) is 5. The van der Waals surface area contributed by atoms with Gasteiger partial charge in [-0.15, -0.1) is 0 Å². The summed E-state index contributed by atoms with van der Waals surface area (Å²) in [6, 6.07) is 9.68. The highest BCUT2D eigenvalue weighted by Crippen LogP contribution is 2.11. The lowest BCUT2D eigenvalue weighted by Gasteiger charge is -2.04. The zero-order chi connectivity index (χ0) is 17.4. The molecule has 4 aromatic rings. The Hall–Kier alpha value is -3.75. The fourth-order valence-corrected chi connectivity index (χ4v) is 2.53. The maximum atomic E-state index is 12.5. The van der Waals surface area contributed by atoms with Gasteiger partial charge in [-0.1, -0.05) is 30.3 Å². The van der Waals surface area contributed by atoms with Gasteiger partial charge in [0, 0.05) is 12.7 Å². The number of nitrogens with one attached hydrogen (secondary N) is 1. The van der Waals surface area contributed by atoms with E-state index >= 15 is 0 Å². The summed E-state index contributed by atoms with van der Waals surface area (Å²) in [5.74, 6) is -1.00. The van der Waals surface area contributed by atoms with Crippen LogP contribution in [-0.2, 0) is 6.54 Å². The van der Waals surface area contributed by atoms with Crippen molar-refractivity contribution in [2.45, 2.75) is 6.54 Å². The largest absolute Gasteiger partial charge is 0.478 e. The minimum atomic E-state index is -1.11. The Morgan fingerprint density at radius 3 is 2.76 bits per heavy atom. The number of rotatable bonds is 4. The van der Waals surface area contributed by atoms with Gasteiger partial charge < -0.3 is 9.67 Å². The highest BCUT2D eigenvalue weighted by atomic mass is 16.4. The minimum absolute atomic E-state index is 0.00245. The lowest BCUT2D eigenvalue weighted by Crippen LogP contribution is -2.16. The number of hydrogen-bond donors (Lipinski definition) is 2. The van der Waals surface area contributed by atoms with E-state index in [4.69, 9.17) is 5.11 Å². The third-order valence-electron chi connectivity index (χ3n) is 3.71. The van der Waals surface area contributed by atoms with Crippen molar-refractivity contribution < 1.29 is 9.90 Å². The summed E-state index contributed by atoms with van der Waals surface area (Å²) in [5, 5.41) is 12.9. The quantitative estimate of drug-likeness (QED) is 0.575. The summed E-state index contributed by atoms with van der Waals surface area (Å²) in [4.78, 5) is 34.5. The first kappa shape index (κ1) is 14.8. The molecule has 0 saturated carbocycles. The van der Waals surface area contributed by atoms with Crippen molar-refractivity contribution in [1.82, 2.24) is 29.3 Å². The second kappa shape index (κ2) is 5.71. The minimum Gasteiger partial charge on any atom is -0.478 e. The number of aromatic amines is 1. The molecule has 3 aromatic heterocycles. The maximum Gasteiger partial charge on any atom is 0.338 e.